The van der Waals surface area contributed by atoms with E-state index in [1.54, 1.807) is 0 Å². The van der Waals surface area contributed by atoms with Crippen LogP contribution in [0, 0.1) is 0 Å². The van der Waals surface area contributed by atoms with Gasteiger partial charge in [0.05, 0.1) is 7.11 Å². The van der Waals surface area contributed by atoms with Gasteiger partial charge in [-0.05, 0) is 28.7 Å². The van der Waals surface area contributed by atoms with Crippen LogP contribution >= 0.6 is 0 Å². The number of hydrogen-bond acceptors (Lipinski definition) is 2. The lowest BCUT2D eigenvalue weighted by molar-refractivity contribution is -0.136. The third kappa shape index (κ3) is 4.32. The molecule has 0 aliphatic heterocycles. The van der Waals surface area contributed by atoms with Gasteiger partial charge in [0.2, 0.25) is 0 Å². The number of carbonyl (C=O) groups excluding carboxylic acids is 1. The second kappa shape index (κ2) is 7.60. The number of carbonyl (C=O) groups is 1. The zero-order valence-electron chi connectivity index (χ0n) is 13.4. The summed E-state index contributed by atoms with van der Waals surface area (Å²) < 4.78 is 4.91. The van der Waals surface area contributed by atoms with Gasteiger partial charge < -0.3 is 4.74 Å². The van der Waals surface area contributed by atoms with Crippen LogP contribution in [0.3, 0.4) is 0 Å². The molecule has 2 nitrogen and oxygen atoms in total. The van der Waals surface area contributed by atoms with E-state index in [2.05, 4.69) is 26.0 Å². The van der Waals surface area contributed by atoms with Crippen LogP contribution < -0.4 is 0 Å². The fourth-order valence-electron chi connectivity index (χ4n) is 2.31. The monoisotopic (exact) mass is 294 g/mol. The molecular weight excluding hydrogens is 272 g/mol. The highest BCUT2D eigenvalue weighted by Crippen LogP contribution is 2.18. The van der Waals surface area contributed by atoms with Crippen LogP contribution in [0.5, 0.6) is 0 Å². The average Bonchev–Trinajstić information content (AvgIpc) is 2.55. The van der Waals surface area contributed by atoms with Crippen LogP contribution in [0.15, 0.2) is 60.2 Å². The van der Waals surface area contributed by atoms with E-state index in [0.29, 0.717) is 17.9 Å². The molecule has 0 saturated carbocycles. The van der Waals surface area contributed by atoms with Crippen LogP contribution in [-0.4, -0.2) is 13.1 Å². The van der Waals surface area contributed by atoms with E-state index < -0.39 is 0 Å². The van der Waals surface area contributed by atoms with E-state index in [-0.39, 0.29) is 5.97 Å². The van der Waals surface area contributed by atoms with Crippen LogP contribution in [0.4, 0.5) is 0 Å². The van der Waals surface area contributed by atoms with E-state index in [1.807, 2.05) is 48.5 Å². The lowest BCUT2D eigenvalue weighted by Gasteiger charge is -2.08. The first-order valence-corrected chi connectivity index (χ1v) is 7.53. The highest BCUT2D eigenvalue weighted by Gasteiger charge is 2.10. The predicted molar refractivity (Wildman–Crippen MR) is 90.7 cm³/mol. The number of rotatable bonds is 5. The zero-order chi connectivity index (χ0) is 15.9. The number of methoxy groups -OCH3 is 1. The highest BCUT2D eigenvalue weighted by atomic mass is 16.5. The first-order valence-electron chi connectivity index (χ1n) is 7.53. The summed E-state index contributed by atoms with van der Waals surface area (Å²) in [5.41, 5.74) is 4.06. The standard InChI is InChI=1S/C20H22O2/c1-15(2)18-11-9-17(10-12-18)14-19(20(21)22-3)13-16-7-5-4-6-8-16/h4-12,14-15H,13H2,1-3H3/b19-14+. The summed E-state index contributed by atoms with van der Waals surface area (Å²) in [7, 11) is 1.42. The topological polar surface area (TPSA) is 26.3 Å². The molecule has 0 aliphatic carbocycles. The maximum Gasteiger partial charge on any atom is 0.334 e. The fourth-order valence-corrected chi connectivity index (χ4v) is 2.31. The molecular formula is C20H22O2. The van der Waals surface area contributed by atoms with Gasteiger partial charge in [0.25, 0.3) is 0 Å². The molecule has 2 aromatic rings. The van der Waals surface area contributed by atoms with Crippen molar-refractivity contribution in [3.8, 4) is 0 Å². The molecule has 0 bridgehead atoms. The van der Waals surface area contributed by atoms with Gasteiger partial charge in [-0.3, -0.25) is 0 Å². The summed E-state index contributed by atoms with van der Waals surface area (Å²) >= 11 is 0. The molecule has 2 heteroatoms. The van der Waals surface area contributed by atoms with Crippen molar-refractivity contribution in [2.75, 3.05) is 7.11 Å². The van der Waals surface area contributed by atoms with Crippen LogP contribution in [0.2, 0.25) is 0 Å². The number of hydrogen-bond donors (Lipinski definition) is 0. The Morgan fingerprint density at radius 2 is 1.68 bits per heavy atom. The van der Waals surface area contributed by atoms with Crippen molar-refractivity contribution in [3.05, 3.63) is 76.9 Å². The normalized spacial score (nSPS) is 11.5. The molecule has 22 heavy (non-hydrogen) atoms. The van der Waals surface area contributed by atoms with E-state index >= 15 is 0 Å². The average molecular weight is 294 g/mol. The smallest absolute Gasteiger partial charge is 0.334 e. The van der Waals surface area contributed by atoms with Crippen molar-refractivity contribution in [1.82, 2.24) is 0 Å². The number of benzene rings is 2. The summed E-state index contributed by atoms with van der Waals surface area (Å²) in [6, 6.07) is 18.2. The molecule has 2 rings (SSSR count). The molecule has 114 valence electrons. The lowest BCUT2D eigenvalue weighted by Crippen LogP contribution is -2.07. The molecule has 0 fully saturated rings. The zero-order valence-corrected chi connectivity index (χ0v) is 13.4. The van der Waals surface area contributed by atoms with E-state index in [4.69, 9.17) is 4.74 Å². The van der Waals surface area contributed by atoms with Gasteiger partial charge in [0.1, 0.15) is 0 Å². The maximum atomic E-state index is 12.0. The Balaban J connectivity index is 2.26. The van der Waals surface area contributed by atoms with Gasteiger partial charge in [-0.15, -0.1) is 0 Å². The molecule has 0 unspecified atom stereocenters. The van der Waals surface area contributed by atoms with Crippen molar-refractivity contribution >= 4 is 12.0 Å². The Kier molecular flexibility index (Phi) is 5.54. The summed E-state index contributed by atoms with van der Waals surface area (Å²) in [6.07, 6.45) is 2.47. The van der Waals surface area contributed by atoms with Crippen LogP contribution in [0.25, 0.3) is 6.08 Å². The van der Waals surface area contributed by atoms with E-state index in [9.17, 15) is 4.79 Å². The molecule has 0 radical (unpaired) electrons. The van der Waals surface area contributed by atoms with Crippen LogP contribution in [-0.2, 0) is 16.0 Å². The minimum atomic E-state index is -0.281. The molecule has 0 saturated heterocycles. The molecule has 0 heterocycles. The molecule has 0 spiro atoms. The van der Waals surface area contributed by atoms with Gasteiger partial charge >= 0.3 is 5.97 Å². The first-order chi connectivity index (χ1) is 10.6. The molecule has 0 aromatic heterocycles. The van der Waals surface area contributed by atoms with Crippen molar-refractivity contribution in [2.24, 2.45) is 0 Å². The second-order valence-electron chi connectivity index (χ2n) is 5.64. The Labute approximate surface area is 132 Å². The minimum Gasteiger partial charge on any atom is -0.466 e. The molecule has 0 amide bonds. The van der Waals surface area contributed by atoms with E-state index in [0.717, 1.165) is 11.1 Å². The van der Waals surface area contributed by atoms with Gasteiger partial charge in [-0.1, -0.05) is 68.4 Å². The SMILES string of the molecule is COC(=O)/C(=C/c1ccc(C(C)C)cc1)Cc1ccccc1. The van der Waals surface area contributed by atoms with Crippen molar-refractivity contribution in [3.63, 3.8) is 0 Å². The van der Waals surface area contributed by atoms with Gasteiger partial charge in [-0.25, -0.2) is 4.79 Å². The molecule has 0 N–H and O–H groups in total. The number of esters is 1. The third-order valence-corrected chi connectivity index (χ3v) is 3.63. The summed E-state index contributed by atoms with van der Waals surface area (Å²) in [4.78, 5) is 12.0. The minimum absolute atomic E-state index is 0.281. The third-order valence-electron chi connectivity index (χ3n) is 3.63. The quantitative estimate of drug-likeness (QED) is 0.594. The highest BCUT2D eigenvalue weighted by molar-refractivity contribution is 5.94. The Hall–Kier alpha value is -2.35. The molecule has 0 aliphatic rings. The van der Waals surface area contributed by atoms with Gasteiger partial charge in [0.15, 0.2) is 0 Å². The Bertz CT molecular complexity index is 637. The van der Waals surface area contributed by atoms with Crippen molar-refractivity contribution < 1.29 is 9.53 Å². The molecule has 0 atom stereocenters. The first kappa shape index (κ1) is 16.0. The van der Waals surface area contributed by atoms with Crippen molar-refractivity contribution in [2.45, 2.75) is 26.2 Å². The fraction of sp³-hybridized carbons (Fsp3) is 0.250. The lowest BCUT2D eigenvalue weighted by atomic mass is 9.99. The summed E-state index contributed by atoms with van der Waals surface area (Å²) in [5, 5.41) is 0. The molecule has 2 aromatic carbocycles. The van der Waals surface area contributed by atoms with Crippen LogP contribution in [0.1, 0.15) is 36.5 Å². The maximum absolute atomic E-state index is 12.0. The summed E-state index contributed by atoms with van der Waals surface area (Å²) in [6.45, 7) is 4.33. The Morgan fingerprint density at radius 3 is 2.23 bits per heavy atom. The predicted octanol–water partition coefficient (Wildman–Crippen LogP) is 4.61. The summed E-state index contributed by atoms with van der Waals surface area (Å²) in [5.74, 6) is 0.221. The van der Waals surface area contributed by atoms with Crippen molar-refractivity contribution in [1.29, 1.82) is 0 Å². The van der Waals surface area contributed by atoms with Gasteiger partial charge in [0, 0.05) is 12.0 Å². The number of ether oxygens (including phenoxy) is 1. The second-order valence-corrected chi connectivity index (χ2v) is 5.64. The van der Waals surface area contributed by atoms with E-state index in [1.165, 1.54) is 12.7 Å². The largest absolute Gasteiger partial charge is 0.466 e. The Morgan fingerprint density at radius 1 is 1.05 bits per heavy atom. The van der Waals surface area contributed by atoms with Gasteiger partial charge in [-0.2, -0.15) is 0 Å².